The molecule has 13 heteroatoms. The van der Waals surface area contributed by atoms with Crippen molar-refractivity contribution >= 4 is 46.4 Å². The maximum atomic E-state index is 14.4. The van der Waals surface area contributed by atoms with Gasteiger partial charge in [-0.1, -0.05) is 29.3 Å². The predicted octanol–water partition coefficient (Wildman–Crippen LogP) is 4.97. The van der Waals surface area contributed by atoms with Crippen LogP contribution in [0.25, 0.3) is 11.4 Å². The first-order chi connectivity index (χ1) is 19.6. The number of imidazole rings is 1. The number of rotatable bonds is 5. The van der Waals surface area contributed by atoms with Crippen LogP contribution >= 0.6 is 23.2 Å². The number of halogens is 2. The van der Waals surface area contributed by atoms with Crippen LogP contribution < -0.4 is 19.7 Å². The summed E-state index contributed by atoms with van der Waals surface area (Å²) in [5.74, 6) is -0.543. The van der Waals surface area contributed by atoms with Gasteiger partial charge in [-0.05, 0) is 44.2 Å². The third-order valence-corrected chi connectivity index (χ3v) is 7.53. The van der Waals surface area contributed by atoms with E-state index in [2.05, 4.69) is 21.4 Å². The largest absolute Gasteiger partial charge is 0.480 e. The minimum atomic E-state index is -1.71. The highest BCUT2D eigenvalue weighted by Gasteiger charge is 2.64. The lowest BCUT2D eigenvalue weighted by molar-refractivity contribution is -0.119. The van der Waals surface area contributed by atoms with Crippen molar-refractivity contribution in [2.75, 3.05) is 24.4 Å². The lowest BCUT2D eigenvalue weighted by Gasteiger charge is -2.35. The zero-order chi connectivity index (χ0) is 29.2. The number of fused-ring (bicyclic) bond motifs is 4. The van der Waals surface area contributed by atoms with Crippen molar-refractivity contribution in [3.63, 3.8) is 0 Å². The molecule has 2 amide bonds. The molecule has 2 aromatic heterocycles. The molecule has 206 valence electrons. The van der Waals surface area contributed by atoms with Crippen LogP contribution in [0.15, 0.2) is 42.6 Å². The highest BCUT2D eigenvalue weighted by molar-refractivity contribution is 6.32. The Balaban J connectivity index is 1.72. The Bertz CT molecular complexity index is 1830. The maximum absolute atomic E-state index is 14.4. The zero-order valence-corrected chi connectivity index (χ0v) is 23.7. The molecule has 0 bridgehead atoms. The van der Waals surface area contributed by atoms with E-state index in [9.17, 15) is 14.9 Å². The summed E-state index contributed by atoms with van der Waals surface area (Å²) < 4.78 is 12.5. The van der Waals surface area contributed by atoms with Gasteiger partial charge < -0.3 is 19.4 Å². The van der Waals surface area contributed by atoms with E-state index in [1.165, 1.54) is 43.5 Å². The topological polar surface area (TPSA) is 135 Å². The standard InChI is InChI=1S/C28H21Cl2N7O4/c1-13(2)36-22-21(34-23(36)18-12-32-27(41-4)35-24(18)40-3)25(38)37(17-8-14(11-31)7-16(30)9-17)28(22)19-6-5-15(29)10-20(19)33-26(28)39/h5-10,12-13H,1-4H3,(H,33,39)/t28-/m0/s1. The van der Waals surface area contributed by atoms with Gasteiger partial charge in [0.05, 0.1) is 37.1 Å². The summed E-state index contributed by atoms with van der Waals surface area (Å²) >= 11 is 12.7. The monoisotopic (exact) mass is 589 g/mol. The molecule has 1 atom stereocenters. The maximum Gasteiger partial charge on any atom is 0.319 e. The third kappa shape index (κ3) is 3.68. The van der Waals surface area contributed by atoms with Crippen LogP contribution in [0.4, 0.5) is 11.4 Å². The second-order valence-electron chi connectivity index (χ2n) is 9.68. The molecule has 0 saturated carbocycles. The minimum absolute atomic E-state index is 0.0444. The van der Waals surface area contributed by atoms with E-state index < -0.39 is 17.4 Å². The van der Waals surface area contributed by atoms with E-state index in [-0.39, 0.29) is 39.9 Å². The number of carbonyl (C=O) groups excluding carboxylic acids is 2. The summed E-state index contributed by atoms with van der Waals surface area (Å²) in [6.45, 7) is 3.82. The van der Waals surface area contributed by atoms with E-state index in [0.717, 1.165) is 0 Å². The Morgan fingerprint density at radius 3 is 2.51 bits per heavy atom. The normalized spacial score (nSPS) is 17.1. The molecule has 2 aromatic carbocycles. The van der Waals surface area contributed by atoms with Crippen molar-refractivity contribution in [1.29, 1.82) is 5.26 Å². The number of nitriles is 1. The second-order valence-corrected chi connectivity index (χ2v) is 10.6. The van der Waals surface area contributed by atoms with Crippen molar-refractivity contribution in [3.8, 4) is 29.3 Å². The highest BCUT2D eigenvalue weighted by Crippen LogP contribution is 2.54. The summed E-state index contributed by atoms with van der Waals surface area (Å²) in [7, 11) is 2.89. The first kappa shape index (κ1) is 26.6. The van der Waals surface area contributed by atoms with Crippen molar-refractivity contribution < 1.29 is 19.1 Å². The number of benzene rings is 2. The fourth-order valence-electron chi connectivity index (χ4n) is 5.55. The molecule has 0 fully saturated rings. The number of ether oxygens (including phenoxy) is 2. The summed E-state index contributed by atoms with van der Waals surface area (Å²) in [5, 5.41) is 13.2. The molecule has 11 nitrogen and oxygen atoms in total. The molecule has 6 rings (SSSR count). The molecule has 2 aliphatic rings. The van der Waals surface area contributed by atoms with Gasteiger partial charge in [0, 0.05) is 39.2 Å². The van der Waals surface area contributed by atoms with Gasteiger partial charge in [-0.2, -0.15) is 10.2 Å². The number of hydrogen-bond donors (Lipinski definition) is 1. The van der Waals surface area contributed by atoms with Crippen LogP contribution in [-0.4, -0.2) is 45.6 Å². The molecule has 2 aliphatic heterocycles. The minimum Gasteiger partial charge on any atom is -0.480 e. The highest BCUT2D eigenvalue weighted by atomic mass is 35.5. The molecule has 4 aromatic rings. The fourth-order valence-corrected chi connectivity index (χ4v) is 5.95. The van der Waals surface area contributed by atoms with Gasteiger partial charge in [-0.25, -0.2) is 9.97 Å². The lowest BCUT2D eigenvalue weighted by atomic mass is 9.87. The number of methoxy groups -OCH3 is 2. The number of hydrogen-bond acceptors (Lipinski definition) is 8. The Morgan fingerprint density at radius 2 is 1.83 bits per heavy atom. The van der Waals surface area contributed by atoms with Crippen molar-refractivity contribution in [2.24, 2.45) is 0 Å². The number of nitrogens with one attached hydrogen (secondary N) is 1. The number of amides is 2. The van der Waals surface area contributed by atoms with Crippen LogP contribution in [0.2, 0.25) is 10.0 Å². The quantitative estimate of drug-likeness (QED) is 0.344. The molecule has 0 aliphatic carbocycles. The molecular weight excluding hydrogens is 569 g/mol. The molecule has 0 radical (unpaired) electrons. The van der Waals surface area contributed by atoms with Gasteiger partial charge in [0.15, 0.2) is 11.2 Å². The number of carbonyl (C=O) groups is 2. The molecule has 41 heavy (non-hydrogen) atoms. The van der Waals surface area contributed by atoms with E-state index in [1.54, 1.807) is 22.8 Å². The molecular formula is C28H21Cl2N7O4. The zero-order valence-electron chi connectivity index (χ0n) is 22.2. The molecule has 1 spiro atoms. The first-order valence-corrected chi connectivity index (χ1v) is 13.2. The van der Waals surface area contributed by atoms with Crippen LogP contribution in [0.3, 0.4) is 0 Å². The van der Waals surface area contributed by atoms with Gasteiger partial charge in [0.1, 0.15) is 5.82 Å². The fraction of sp³-hybridized carbons (Fsp3) is 0.214. The van der Waals surface area contributed by atoms with E-state index >= 15 is 0 Å². The predicted molar refractivity (Wildman–Crippen MR) is 151 cm³/mol. The van der Waals surface area contributed by atoms with Crippen LogP contribution in [0, 0.1) is 11.3 Å². The Kier molecular flexibility index (Phi) is 6.13. The van der Waals surface area contributed by atoms with Crippen molar-refractivity contribution in [1.82, 2.24) is 19.5 Å². The smallest absolute Gasteiger partial charge is 0.319 e. The number of anilines is 2. The molecule has 0 unspecified atom stereocenters. The second kappa shape index (κ2) is 9.47. The summed E-state index contributed by atoms with van der Waals surface area (Å²) in [4.78, 5) is 43.3. The SMILES string of the molecule is COc1ncc(-c2nc3c(n2C(C)C)[C@@]2(C(=O)Nc4cc(Cl)ccc42)N(c2cc(Cl)cc(C#N)c2)C3=O)c(OC)n1. The van der Waals surface area contributed by atoms with E-state index in [4.69, 9.17) is 37.7 Å². The Morgan fingerprint density at radius 1 is 1.05 bits per heavy atom. The molecule has 1 N–H and O–H groups in total. The van der Waals surface area contributed by atoms with Crippen LogP contribution in [0.1, 0.15) is 47.2 Å². The van der Waals surface area contributed by atoms with Crippen molar-refractivity contribution in [3.05, 3.63) is 75.2 Å². The average molecular weight is 590 g/mol. The number of nitrogens with zero attached hydrogens (tertiary/aromatic N) is 6. The van der Waals surface area contributed by atoms with Gasteiger partial charge >= 0.3 is 6.01 Å². The number of aromatic nitrogens is 4. The van der Waals surface area contributed by atoms with Gasteiger partial charge in [0.25, 0.3) is 11.8 Å². The Hall–Kier alpha value is -4.66. The Labute approximate surface area is 244 Å². The first-order valence-electron chi connectivity index (χ1n) is 12.4. The third-order valence-electron chi connectivity index (χ3n) is 7.08. The lowest BCUT2D eigenvalue weighted by Crippen LogP contribution is -2.51. The van der Waals surface area contributed by atoms with Crippen LogP contribution in [0.5, 0.6) is 11.9 Å². The molecule has 4 heterocycles. The summed E-state index contributed by atoms with van der Waals surface area (Å²) in [6, 6.07) is 11.4. The van der Waals surface area contributed by atoms with Crippen molar-refractivity contribution in [2.45, 2.75) is 25.4 Å². The summed E-state index contributed by atoms with van der Waals surface area (Å²) in [5.41, 5.74) is 0.489. The average Bonchev–Trinajstić information content (AvgIpc) is 3.56. The van der Waals surface area contributed by atoms with Crippen LogP contribution in [-0.2, 0) is 10.3 Å². The van der Waals surface area contributed by atoms with E-state index in [1.807, 2.05) is 13.8 Å². The summed E-state index contributed by atoms with van der Waals surface area (Å²) in [6.07, 6.45) is 1.49. The van der Waals surface area contributed by atoms with E-state index in [0.29, 0.717) is 33.4 Å². The van der Waals surface area contributed by atoms with Gasteiger partial charge in [-0.15, -0.1) is 0 Å². The van der Waals surface area contributed by atoms with Gasteiger partial charge in [0.2, 0.25) is 5.88 Å². The van der Waals surface area contributed by atoms with Gasteiger partial charge in [-0.3, -0.25) is 14.5 Å². The molecule has 0 saturated heterocycles.